The molecule has 1 saturated heterocycles. The van der Waals surface area contributed by atoms with Crippen molar-refractivity contribution in [3.63, 3.8) is 0 Å². The van der Waals surface area contributed by atoms with Gasteiger partial charge in [-0.2, -0.15) is 0 Å². The van der Waals surface area contributed by atoms with Gasteiger partial charge in [-0.05, 0) is 56.7 Å². The molecule has 0 atom stereocenters. The topological polar surface area (TPSA) is 94.3 Å². The van der Waals surface area contributed by atoms with Crippen LogP contribution in [0.5, 0.6) is 17.2 Å². The van der Waals surface area contributed by atoms with E-state index < -0.39 is 0 Å². The zero-order chi connectivity index (χ0) is 25.8. The lowest BCUT2D eigenvalue weighted by atomic mass is 10.1. The number of carbonyl (C=O) groups excluding carboxylic acids is 2. The van der Waals surface area contributed by atoms with E-state index in [9.17, 15) is 9.59 Å². The van der Waals surface area contributed by atoms with Gasteiger partial charge in [-0.3, -0.25) is 9.59 Å². The number of amides is 2. The largest absolute Gasteiger partial charge is 0.496 e. The summed E-state index contributed by atoms with van der Waals surface area (Å²) in [5, 5.41) is 3.94. The highest BCUT2D eigenvalue weighted by Gasteiger charge is 2.26. The Hall–Kier alpha value is -4.01. The van der Waals surface area contributed by atoms with Gasteiger partial charge in [-0.15, -0.1) is 0 Å². The predicted molar refractivity (Wildman–Crippen MR) is 133 cm³/mol. The minimum atomic E-state index is -0.116. The predicted octanol–water partition coefficient (Wildman–Crippen LogP) is 3.79. The maximum atomic E-state index is 13.2. The Bertz CT molecular complexity index is 1240. The van der Waals surface area contributed by atoms with Crippen LogP contribution in [0, 0.1) is 20.8 Å². The van der Waals surface area contributed by atoms with Crippen LogP contribution in [0.4, 0.5) is 0 Å². The second-order valence-corrected chi connectivity index (χ2v) is 8.73. The van der Waals surface area contributed by atoms with Crippen LogP contribution in [-0.2, 0) is 6.61 Å². The number of rotatable bonds is 7. The molecular formula is C27H31N3O6. The van der Waals surface area contributed by atoms with E-state index >= 15 is 0 Å². The lowest BCUT2D eigenvalue weighted by molar-refractivity contribution is 0.0535. The van der Waals surface area contributed by atoms with Crippen molar-refractivity contribution in [3.8, 4) is 17.2 Å². The lowest BCUT2D eigenvalue weighted by Gasteiger charge is -2.35. The molecule has 0 aliphatic carbocycles. The molecule has 1 aliphatic heterocycles. The zero-order valence-corrected chi connectivity index (χ0v) is 21.3. The van der Waals surface area contributed by atoms with E-state index in [0.717, 1.165) is 16.8 Å². The van der Waals surface area contributed by atoms with Gasteiger partial charge in [0.05, 0.1) is 25.5 Å². The van der Waals surface area contributed by atoms with Gasteiger partial charge in [-0.1, -0.05) is 11.2 Å². The quantitative estimate of drug-likeness (QED) is 0.494. The van der Waals surface area contributed by atoms with Crippen LogP contribution < -0.4 is 14.2 Å². The number of aryl methyl sites for hydroxylation is 3. The molecule has 2 amide bonds. The first-order valence-corrected chi connectivity index (χ1v) is 11.8. The van der Waals surface area contributed by atoms with Crippen LogP contribution in [0.1, 0.15) is 43.3 Å². The number of nitrogens with zero attached hydrogens (tertiary/aromatic N) is 3. The molecule has 0 N–H and O–H groups in total. The summed E-state index contributed by atoms with van der Waals surface area (Å²) in [6.07, 6.45) is 0. The standard InChI is InChI=1S/C27H31N3O6/c1-17-6-7-20(14-24(17)33-4)26(31)29-10-12-30(13-11-29)27(32)21-8-9-23(25(15-21)34-5)35-16-22-18(2)28-36-19(22)3/h6-9,14-15H,10-13,16H2,1-5H3. The summed E-state index contributed by atoms with van der Waals surface area (Å²) in [7, 11) is 3.13. The Morgan fingerprint density at radius 1 is 0.833 bits per heavy atom. The fourth-order valence-electron chi connectivity index (χ4n) is 4.21. The van der Waals surface area contributed by atoms with Gasteiger partial charge in [0, 0.05) is 37.3 Å². The Labute approximate surface area is 210 Å². The molecule has 190 valence electrons. The summed E-state index contributed by atoms with van der Waals surface area (Å²) in [5.41, 5.74) is 3.71. The first kappa shape index (κ1) is 25.1. The number of ether oxygens (including phenoxy) is 3. The first-order chi connectivity index (χ1) is 17.3. The number of piperazine rings is 1. The van der Waals surface area contributed by atoms with Crippen LogP contribution in [0.15, 0.2) is 40.9 Å². The molecule has 4 rings (SSSR count). The van der Waals surface area contributed by atoms with Gasteiger partial charge in [-0.25, -0.2) is 0 Å². The fourth-order valence-corrected chi connectivity index (χ4v) is 4.21. The van der Waals surface area contributed by atoms with E-state index in [1.165, 1.54) is 7.11 Å². The Morgan fingerprint density at radius 3 is 1.92 bits per heavy atom. The third-order valence-corrected chi connectivity index (χ3v) is 6.47. The maximum Gasteiger partial charge on any atom is 0.254 e. The smallest absolute Gasteiger partial charge is 0.254 e. The van der Waals surface area contributed by atoms with Crippen molar-refractivity contribution in [1.82, 2.24) is 15.0 Å². The Morgan fingerprint density at radius 2 is 1.39 bits per heavy atom. The van der Waals surface area contributed by atoms with Crippen molar-refractivity contribution in [2.45, 2.75) is 27.4 Å². The summed E-state index contributed by atoms with van der Waals surface area (Å²) < 4.78 is 21.9. The molecule has 0 spiro atoms. The number of carbonyl (C=O) groups is 2. The van der Waals surface area contributed by atoms with Gasteiger partial charge < -0.3 is 28.5 Å². The van der Waals surface area contributed by atoms with Gasteiger partial charge in [0.1, 0.15) is 18.1 Å². The minimum absolute atomic E-state index is 0.0677. The second-order valence-electron chi connectivity index (χ2n) is 8.73. The molecule has 2 aromatic carbocycles. The monoisotopic (exact) mass is 493 g/mol. The Balaban J connectivity index is 1.38. The number of benzene rings is 2. The van der Waals surface area contributed by atoms with Crippen molar-refractivity contribution < 1.29 is 28.3 Å². The normalized spacial score (nSPS) is 13.5. The molecule has 9 nitrogen and oxygen atoms in total. The van der Waals surface area contributed by atoms with E-state index in [4.69, 9.17) is 18.7 Å². The summed E-state index contributed by atoms with van der Waals surface area (Å²) in [5.74, 6) is 2.20. The van der Waals surface area contributed by atoms with Gasteiger partial charge >= 0.3 is 0 Å². The molecular weight excluding hydrogens is 462 g/mol. The number of methoxy groups -OCH3 is 2. The molecule has 0 radical (unpaired) electrons. The SMILES string of the molecule is COc1cc(C(=O)N2CCN(C(=O)c3ccc(OCc4c(C)noc4C)c(OC)c3)CC2)ccc1C. The van der Waals surface area contributed by atoms with Crippen molar-refractivity contribution in [2.75, 3.05) is 40.4 Å². The minimum Gasteiger partial charge on any atom is -0.496 e. The van der Waals surface area contributed by atoms with Crippen molar-refractivity contribution in [1.29, 1.82) is 0 Å². The molecule has 0 bridgehead atoms. The third-order valence-electron chi connectivity index (χ3n) is 6.47. The highest BCUT2D eigenvalue weighted by molar-refractivity contribution is 5.96. The van der Waals surface area contributed by atoms with Crippen LogP contribution in [0.25, 0.3) is 0 Å². The molecule has 1 aromatic heterocycles. The molecule has 2 heterocycles. The number of aromatic nitrogens is 1. The highest BCUT2D eigenvalue weighted by atomic mass is 16.5. The molecule has 0 saturated carbocycles. The molecule has 9 heteroatoms. The molecule has 1 fully saturated rings. The van der Waals surface area contributed by atoms with Crippen molar-refractivity contribution in [2.24, 2.45) is 0 Å². The average Bonchev–Trinajstić information content (AvgIpc) is 3.23. The fraction of sp³-hybridized carbons (Fsp3) is 0.370. The summed E-state index contributed by atoms with van der Waals surface area (Å²) in [4.78, 5) is 29.6. The summed E-state index contributed by atoms with van der Waals surface area (Å²) in [6, 6.07) is 10.6. The zero-order valence-electron chi connectivity index (χ0n) is 21.3. The second kappa shape index (κ2) is 10.7. The molecule has 36 heavy (non-hydrogen) atoms. The van der Waals surface area contributed by atoms with E-state index in [1.807, 2.05) is 26.8 Å². The van der Waals surface area contributed by atoms with Crippen LogP contribution in [-0.4, -0.2) is 67.2 Å². The summed E-state index contributed by atoms with van der Waals surface area (Å²) in [6.45, 7) is 7.72. The third kappa shape index (κ3) is 5.15. The number of hydrogen-bond acceptors (Lipinski definition) is 7. The number of hydrogen-bond donors (Lipinski definition) is 0. The first-order valence-electron chi connectivity index (χ1n) is 11.8. The maximum absolute atomic E-state index is 13.2. The van der Waals surface area contributed by atoms with Gasteiger partial charge in [0.2, 0.25) is 0 Å². The highest BCUT2D eigenvalue weighted by Crippen LogP contribution is 2.30. The van der Waals surface area contributed by atoms with E-state index in [0.29, 0.717) is 60.3 Å². The summed E-state index contributed by atoms with van der Waals surface area (Å²) >= 11 is 0. The van der Waals surface area contributed by atoms with Crippen LogP contribution >= 0.6 is 0 Å². The van der Waals surface area contributed by atoms with Crippen LogP contribution in [0.3, 0.4) is 0 Å². The van der Waals surface area contributed by atoms with Gasteiger partial charge in [0.15, 0.2) is 11.5 Å². The van der Waals surface area contributed by atoms with Crippen molar-refractivity contribution >= 4 is 11.8 Å². The van der Waals surface area contributed by atoms with Crippen LogP contribution in [0.2, 0.25) is 0 Å². The van der Waals surface area contributed by atoms with E-state index in [1.54, 1.807) is 47.2 Å². The molecule has 0 unspecified atom stereocenters. The lowest BCUT2D eigenvalue weighted by Crippen LogP contribution is -2.50. The molecule has 1 aliphatic rings. The molecule has 3 aromatic rings. The van der Waals surface area contributed by atoms with Gasteiger partial charge in [0.25, 0.3) is 11.8 Å². The van der Waals surface area contributed by atoms with E-state index in [-0.39, 0.29) is 18.4 Å². The van der Waals surface area contributed by atoms with Crippen molar-refractivity contribution in [3.05, 3.63) is 70.1 Å². The van der Waals surface area contributed by atoms with E-state index in [2.05, 4.69) is 5.16 Å². The average molecular weight is 494 g/mol. The Kier molecular flexibility index (Phi) is 7.47.